The monoisotopic (exact) mass is 285 g/mol. The Morgan fingerprint density at radius 1 is 1.56 bits per heavy atom. The van der Waals surface area contributed by atoms with Gasteiger partial charge in [-0.05, 0) is 44.4 Å². The van der Waals surface area contributed by atoms with Crippen LogP contribution < -0.4 is 0 Å². The van der Waals surface area contributed by atoms with Gasteiger partial charge in [-0.3, -0.25) is 9.69 Å². The molecule has 18 heavy (non-hydrogen) atoms. The smallest absolute Gasteiger partial charge is 0.189 e. The molecule has 1 atom stereocenters. The zero-order chi connectivity index (χ0) is 13.1. The SMILES string of the molecule is CCN(CC1CCC1)C(C)C(=O)c1ccc(Cl)s1. The van der Waals surface area contributed by atoms with Crippen molar-refractivity contribution in [3.63, 3.8) is 0 Å². The van der Waals surface area contributed by atoms with Crippen molar-refractivity contribution in [2.75, 3.05) is 13.1 Å². The summed E-state index contributed by atoms with van der Waals surface area (Å²) in [6, 6.07) is 3.60. The van der Waals surface area contributed by atoms with E-state index in [0.29, 0.717) is 4.34 Å². The van der Waals surface area contributed by atoms with Crippen molar-refractivity contribution in [2.24, 2.45) is 5.92 Å². The molecule has 4 heteroatoms. The van der Waals surface area contributed by atoms with Crippen LogP contribution in [-0.2, 0) is 0 Å². The molecule has 0 amide bonds. The topological polar surface area (TPSA) is 20.3 Å². The van der Waals surface area contributed by atoms with Crippen LogP contribution in [0.25, 0.3) is 0 Å². The molecule has 0 aromatic carbocycles. The van der Waals surface area contributed by atoms with Crippen LogP contribution in [0.2, 0.25) is 4.34 Å². The van der Waals surface area contributed by atoms with Crippen LogP contribution in [0.1, 0.15) is 42.8 Å². The van der Waals surface area contributed by atoms with Crippen LogP contribution in [0.15, 0.2) is 12.1 Å². The zero-order valence-corrected chi connectivity index (χ0v) is 12.6. The van der Waals surface area contributed by atoms with Crippen molar-refractivity contribution in [1.82, 2.24) is 4.90 Å². The van der Waals surface area contributed by atoms with Crippen LogP contribution >= 0.6 is 22.9 Å². The molecule has 1 saturated carbocycles. The zero-order valence-electron chi connectivity index (χ0n) is 11.0. The molecule has 1 aromatic heterocycles. The maximum absolute atomic E-state index is 12.4. The van der Waals surface area contributed by atoms with Gasteiger partial charge in [0.1, 0.15) is 0 Å². The van der Waals surface area contributed by atoms with Gasteiger partial charge >= 0.3 is 0 Å². The average Bonchev–Trinajstić information content (AvgIpc) is 2.73. The fourth-order valence-corrected chi connectivity index (χ4v) is 3.45. The first kappa shape index (κ1) is 14.0. The minimum atomic E-state index is -0.0367. The van der Waals surface area contributed by atoms with Crippen molar-refractivity contribution < 1.29 is 4.79 Å². The summed E-state index contributed by atoms with van der Waals surface area (Å²) in [5.41, 5.74) is 0. The van der Waals surface area contributed by atoms with Crippen molar-refractivity contribution >= 4 is 28.7 Å². The third kappa shape index (κ3) is 3.14. The van der Waals surface area contributed by atoms with E-state index in [-0.39, 0.29) is 11.8 Å². The summed E-state index contributed by atoms with van der Waals surface area (Å²) < 4.78 is 0.688. The highest BCUT2D eigenvalue weighted by atomic mass is 35.5. The van der Waals surface area contributed by atoms with E-state index in [9.17, 15) is 4.79 Å². The van der Waals surface area contributed by atoms with Crippen molar-refractivity contribution in [3.8, 4) is 0 Å². The number of halogens is 1. The third-order valence-corrected chi connectivity index (χ3v) is 5.11. The molecule has 0 N–H and O–H groups in total. The number of ketones is 1. The summed E-state index contributed by atoms with van der Waals surface area (Å²) in [4.78, 5) is 15.4. The Morgan fingerprint density at radius 2 is 2.28 bits per heavy atom. The Bertz CT molecular complexity index is 414. The van der Waals surface area contributed by atoms with E-state index in [0.717, 1.165) is 23.9 Å². The number of Topliss-reactive ketones (excluding diaryl/α,β-unsaturated/α-hetero) is 1. The largest absolute Gasteiger partial charge is 0.293 e. The predicted octanol–water partition coefficient (Wildman–Crippen LogP) is 4.09. The van der Waals surface area contributed by atoms with Gasteiger partial charge in [0.15, 0.2) is 5.78 Å². The van der Waals surface area contributed by atoms with Gasteiger partial charge in [-0.15, -0.1) is 11.3 Å². The number of thiophene rings is 1. The number of carbonyl (C=O) groups excluding carboxylic acids is 1. The first-order chi connectivity index (χ1) is 8.61. The Labute approximate surface area is 118 Å². The van der Waals surface area contributed by atoms with Gasteiger partial charge in [-0.2, -0.15) is 0 Å². The van der Waals surface area contributed by atoms with E-state index in [1.54, 1.807) is 6.07 Å². The molecule has 0 bridgehead atoms. The third-order valence-electron chi connectivity index (χ3n) is 3.87. The van der Waals surface area contributed by atoms with Gasteiger partial charge in [-0.1, -0.05) is 24.9 Å². The quantitative estimate of drug-likeness (QED) is 0.734. The summed E-state index contributed by atoms with van der Waals surface area (Å²) >= 11 is 7.27. The van der Waals surface area contributed by atoms with E-state index in [1.807, 2.05) is 13.0 Å². The summed E-state index contributed by atoms with van der Waals surface area (Å²) in [6.45, 7) is 6.13. The molecule has 0 radical (unpaired) electrons. The second-order valence-electron chi connectivity index (χ2n) is 5.03. The van der Waals surface area contributed by atoms with Gasteiger partial charge in [0.2, 0.25) is 0 Å². The van der Waals surface area contributed by atoms with Gasteiger partial charge in [0, 0.05) is 6.54 Å². The lowest BCUT2D eigenvalue weighted by atomic mass is 9.85. The molecule has 1 aliphatic carbocycles. The van der Waals surface area contributed by atoms with E-state index in [4.69, 9.17) is 11.6 Å². The normalized spacial score (nSPS) is 17.8. The summed E-state index contributed by atoms with van der Waals surface area (Å²) in [5, 5.41) is 0. The standard InChI is InChI=1S/C14H20ClNOS/c1-3-16(9-11-5-4-6-11)10(2)14(17)12-7-8-13(15)18-12/h7-8,10-11H,3-6,9H2,1-2H3. The van der Waals surface area contributed by atoms with Gasteiger partial charge in [0.05, 0.1) is 15.3 Å². The fourth-order valence-electron chi connectivity index (χ4n) is 2.39. The van der Waals surface area contributed by atoms with E-state index in [2.05, 4.69) is 11.8 Å². The first-order valence-electron chi connectivity index (χ1n) is 6.65. The number of hydrogen-bond donors (Lipinski definition) is 0. The van der Waals surface area contributed by atoms with Crippen LogP contribution in [0.4, 0.5) is 0 Å². The fraction of sp³-hybridized carbons (Fsp3) is 0.643. The predicted molar refractivity (Wildman–Crippen MR) is 77.7 cm³/mol. The highest BCUT2D eigenvalue weighted by Crippen LogP contribution is 2.29. The Hall–Kier alpha value is -0.380. The summed E-state index contributed by atoms with van der Waals surface area (Å²) in [7, 11) is 0. The number of rotatable bonds is 6. The lowest BCUT2D eigenvalue weighted by Gasteiger charge is -2.34. The van der Waals surface area contributed by atoms with Crippen LogP contribution in [0.5, 0.6) is 0 Å². The molecule has 0 aliphatic heterocycles. The second-order valence-corrected chi connectivity index (χ2v) is 6.74. The minimum absolute atomic E-state index is 0.0367. The number of nitrogens with zero attached hydrogens (tertiary/aromatic N) is 1. The van der Waals surface area contributed by atoms with E-state index < -0.39 is 0 Å². The van der Waals surface area contributed by atoms with Gasteiger partial charge in [-0.25, -0.2) is 0 Å². The molecule has 100 valence electrons. The molecule has 1 aromatic rings. The summed E-state index contributed by atoms with van der Waals surface area (Å²) in [6.07, 6.45) is 4.00. The summed E-state index contributed by atoms with van der Waals surface area (Å²) in [5.74, 6) is 1.00. The Morgan fingerprint density at radius 3 is 2.72 bits per heavy atom. The molecule has 0 spiro atoms. The molecule has 1 fully saturated rings. The molecule has 1 aliphatic rings. The first-order valence-corrected chi connectivity index (χ1v) is 7.85. The lowest BCUT2D eigenvalue weighted by Crippen LogP contribution is -2.42. The molecule has 1 unspecified atom stereocenters. The highest BCUT2D eigenvalue weighted by molar-refractivity contribution is 7.18. The molecule has 0 saturated heterocycles. The van der Waals surface area contributed by atoms with Crippen molar-refractivity contribution in [1.29, 1.82) is 0 Å². The van der Waals surface area contributed by atoms with E-state index in [1.165, 1.54) is 30.6 Å². The molecule has 1 heterocycles. The molecule has 2 rings (SSSR count). The average molecular weight is 286 g/mol. The minimum Gasteiger partial charge on any atom is -0.293 e. The number of hydrogen-bond acceptors (Lipinski definition) is 3. The van der Waals surface area contributed by atoms with Crippen LogP contribution in [0.3, 0.4) is 0 Å². The number of carbonyl (C=O) groups is 1. The maximum Gasteiger partial charge on any atom is 0.189 e. The Balaban J connectivity index is 1.98. The van der Waals surface area contributed by atoms with Crippen molar-refractivity contribution in [3.05, 3.63) is 21.3 Å². The molecule has 2 nitrogen and oxygen atoms in total. The van der Waals surface area contributed by atoms with Gasteiger partial charge in [0.25, 0.3) is 0 Å². The number of likely N-dealkylation sites (N-methyl/N-ethyl adjacent to an activating group) is 1. The van der Waals surface area contributed by atoms with Crippen LogP contribution in [-0.4, -0.2) is 29.8 Å². The highest BCUT2D eigenvalue weighted by Gasteiger charge is 2.27. The Kier molecular flexibility index (Phi) is 4.82. The second kappa shape index (κ2) is 6.18. The molecular weight excluding hydrogens is 266 g/mol. The van der Waals surface area contributed by atoms with Gasteiger partial charge < -0.3 is 0 Å². The lowest BCUT2D eigenvalue weighted by molar-refractivity contribution is 0.0793. The van der Waals surface area contributed by atoms with Crippen LogP contribution in [0, 0.1) is 5.92 Å². The molecular formula is C14H20ClNOS. The van der Waals surface area contributed by atoms with E-state index >= 15 is 0 Å². The maximum atomic E-state index is 12.4. The van der Waals surface area contributed by atoms with Crippen molar-refractivity contribution in [2.45, 2.75) is 39.2 Å².